The summed E-state index contributed by atoms with van der Waals surface area (Å²) in [6, 6.07) is 31.5. The molecule has 1 radical (unpaired) electrons. The number of fused-ring (bicyclic) bond motifs is 2. The Morgan fingerprint density at radius 3 is 1.90 bits per heavy atom. The molecule has 0 amide bonds. The summed E-state index contributed by atoms with van der Waals surface area (Å²) in [5.41, 5.74) is 6.59. The Morgan fingerprint density at radius 1 is 0.760 bits per heavy atom. The number of aromatic nitrogens is 1. The first-order valence-electron chi connectivity index (χ1n) is 17.8. The van der Waals surface area contributed by atoms with E-state index in [0.717, 1.165) is 17.7 Å². The van der Waals surface area contributed by atoms with Crippen LogP contribution in [0, 0.1) is 35.7 Å². The Bertz CT molecular complexity index is 1700. The number of anilines is 2. The Morgan fingerprint density at radius 2 is 1.38 bits per heavy atom. The van der Waals surface area contributed by atoms with Crippen LogP contribution >= 0.6 is 22.7 Å². The molecule has 3 atom stereocenters. The first kappa shape index (κ1) is 40.1. The van der Waals surface area contributed by atoms with E-state index in [1.807, 2.05) is 41.0 Å². The Labute approximate surface area is 322 Å². The van der Waals surface area contributed by atoms with Crippen LogP contribution in [0.25, 0.3) is 11.3 Å². The molecule has 4 nitrogen and oxygen atoms in total. The van der Waals surface area contributed by atoms with E-state index in [1.54, 1.807) is 0 Å². The minimum Gasteiger partial charge on any atom is -0.393 e. The van der Waals surface area contributed by atoms with Gasteiger partial charge in [-0.25, -0.2) is 0 Å². The number of aliphatic hydroxyl groups is 2. The summed E-state index contributed by atoms with van der Waals surface area (Å²) in [4.78, 5) is 9.64. The minimum absolute atomic E-state index is 0. The van der Waals surface area contributed by atoms with Crippen LogP contribution in [0.1, 0.15) is 82.2 Å². The van der Waals surface area contributed by atoms with Gasteiger partial charge in [0.2, 0.25) is 0 Å². The zero-order valence-corrected chi connectivity index (χ0v) is 34.7. The maximum absolute atomic E-state index is 10.4. The zero-order valence-electron chi connectivity index (χ0n) is 30.6. The first-order valence-corrected chi connectivity index (χ1v) is 19.5. The van der Waals surface area contributed by atoms with Crippen LogP contribution in [-0.4, -0.2) is 34.5 Å². The van der Waals surface area contributed by atoms with E-state index < -0.39 is 6.10 Å². The number of benzene rings is 2. The standard InChI is InChI=1S/C27H19N2S2.C16H34O2.Ir/c1-29-23-13-3-2-10-20(23)27(24-14-7-17-30-24,25-15-8-18-31-25)21-11-6-9-19(26(21)29)22-12-4-5-16-28-22;1-8-13(10(2)3)14(17)9-15(18)16(11(4)5)12(6)7;/h2-8,10-18H,1H3;10-18H,8-9H2,1-7H3;/q-1;;. The Kier molecular flexibility index (Phi) is 14.2. The van der Waals surface area contributed by atoms with Crippen molar-refractivity contribution >= 4 is 34.0 Å². The summed E-state index contributed by atoms with van der Waals surface area (Å²) in [6.45, 7) is 15.0. The predicted molar refractivity (Wildman–Crippen MR) is 209 cm³/mol. The quantitative estimate of drug-likeness (QED) is 0.130. The smallest absolute Gasteiger partial charge is 0.0760 e. The van der Waals surface area contributed by atoms with E-state index in [4.69, 9.17) is 0 Å². The summed E-state index contributed by atoms with van der Waals surface area (Å²) in [7, 11) is 2.16. The Balaban J connectivity index is 0.000000257. The summed E-state index contributed by atoms with van der Waals surface area (Å²) in [5, 5.41) is 25.0. The molecular weight excluding hydrogens is 833 g/mol. The van der Waals surface area contributed by atoms with Crippen molar-refractivity contribution in [2.75, 3.05) is 11.9 Å². The van der Waals surface area contributed by atoms with E-state index >= 15 is 0 Å². The fraction of sp³-hybridized carbons (Fsp3) is 0.419. The third-order valence-corrected chi connectivity index (χ3v) is 12.3. The molecule has 1 aliphatic rings. The van der Waals surface area contributed by atoms with E-state index in [-0.39, 0.29) is 37.5 Å². The molecule has 1 aliphatic heterocycles. The minimum atomic E-state index is -0.396. The van der Waals surface area contributed by atoms with Crippen molar-refractivity contribution in [1.82, 2.24) is 4.98 Å². The van der Waals surface area contributed by atoms with Crippen molar-refractivity contribution < 1.29 is 30.3 Å². The second-order valence-corrected chi connectivity index (χ2v) is 16.3. The van der Waals surface area contributed by atoms with Gasteiger partial charge < -0.3 is 20.1 Å². The van der Waals surface area contributed by atoms with Crippen LogP contribution in [-0.2, 0) is 25.5 Å². The van der Waals surface area contributed by atoms with Crippen LogP contribution in [0.15, 0.2) is 95.8 Å². The number of hydrogen-bond donors (Lipinski definition) is 2. The molecule has 3 unspecified atom stereocenters. The SMILES string of the molecule is CCC(C(C)C)C(O)CC(O)C(C(C)C)C(C)C.CN1c2ccccc2C(c2cccs2)(c2cccs2)c2cc[c-]c(-c3ccccn3)c21.[Ir]. The molecule has 50 heavy (non-hydrogen) atoms. The van der Waals surface area contributed by atoms with Gasteiger partial charge in [0.25, 0.3) is 0 Å². The molecule has 4 heterocycles. The maximum atomic E-state index is 10.4. The molecule has 6 rings (SSSR count). The van der Waals surface area contributed by atoms with Gasteiger partial charge in [-0.3, -0.25) is 0 Å². The number of para-hydroxylation sites is 1. The normalized spacial score (nSPS) is 15.2. The van der Waals surface area contributed by atoms with Gasteiger partial charge in [0.15, 0.2) is 0 Å². The van der Waals surface area contributed by atoms with Crippen LogP contribution in [0.3, 0.4) is 0 Å². The molecule has 0 spiro atoms. The molecule has 269 valence electrons. The van der Waals surface area contributed by atoms with Crippen LogP contribution in [0.2, 0.25) is 0 Å². The number of nitrogens with zero attached hydrogens (tertiary/aromatic N) is 2. The molecular formula is C43H53IrN2O2S2-. The molecule has 5 aromatic rings. The zero-order chi connectivity index (χ0) is 35.3. The summed E-state index contributed by atoms with van der Waals surface area (Å²) < 4.78 is 0. The topological polar surface area (TPSA) is 56.6 Å². The molecule has 0 fully saturated rings. The van der Waals surface area contributed by atoms with Crippen molar-refractivity contribution in [1.29, 1.82) is 0 Å². The average molecular weight is 886 g/mol. The largest absolute Gasteiger partial charge is 0.393 e. The fourth-order valence-corrected chi connectivity index (χ4v) is 10.3. The van der Waals surface area contributed by atoms with Gasteiger partial charge in [0.1, 0.15) is 0 Å². The van der Waals surface area contributed by atoms with E-state index in [9.17, 15) is 10.2 Å². The van der Waals surface area contributed by atoms with Crippen molar-refractivity contribution in [2.24, 2.45) is 29.6 Å². The summed E-state index contributed by atoms with van der Waals surface area (Å²) >= 11 is 3.64. The Hall–Kier alpha value is -2.64. The molecule has 2 aromatic carbocycles. The van der Waals surface area contributed by atoms with Crippen LogP contribution in [0.5, 0.6) is 0 Å². The van der Waals surface area contributed by atoms with Gasteiger partial charge in [0, 0.05) is 48.8 Å². The third kappa shape index (κ3) is 7.89. The maximum Gasteiger partial charge on any atom is 0.0760 e. The van der Waals surface area contributed by atoms with Crippen molar-refractivity contribution in [3.8, 4) is 11.3 Å². The molecule has 0 saturated heterocycles. The molecule has 3 aromatic heterocycles. The number of rotatable bonds is 11. The van der Waals surface area contributed by atoms with E-state index in [0.29, 0.717) is 30.1 Å². The van der Waals surface area contributed by atoms with Gasteiger partial charge in [-0.15, -0.1) is 46.4 Å². The number of hydrogen-bond acceptors (Lipinski definition) is 6. The summed E-state index contributed by atoms with van der Waals surface area (Å²) in [6.07, 6.45) is 2.56. The second kappa shape index (κ2) is 17.7. The van der Waals surface area contributed by atoms with E-state index in [1.165, 1.54) is 32.3 Å². The van der Waals surface area contributed by atoms with Crippen LogP contribution in [0.4, 0.5) is 11.4 Å². The van der Waals surface area contributed by atoms with Gasteiger partial charge >= 0.3 is 0 Å². The average Bonchev–Trinajstić information content (AvgIpc) is 3.82. The van der Waals surface area contributed by atoms with Crippen LogP contribution < -0.4 is 4.90 Å². The van der Waals surface area contributed by atoms with Gasteiger partial charge in [-0.2, -0.15) is 0 Å². The molecule has 7 heteroatoms. The molecule has 0 saturated carbocycles. The third-order valence-electron chi connectivity index (χ3n) is 10.4. The van der Waals surface area contributed by atoms with E-state index in [2.05, 4.69) is 149 Å². The molecule has 0 aliphatic carbocycles. The summed E-state index contributed by atoms with van der Waals surface area (Å²) in [5.74, 6) is 1.93. The number of pyridine rings is 1. The van der Waals surface area contributed by atoms with Crippen molar-refractivity contribution in [3.63, 3.8) is 0 Å². The molecule has 2 N–H and O–H groups in total. The van der Waals surface area contributed by atoms with Crippen molar-refractivity contribution in [2.45, 2.75) is 78.9 Å². The number of aliphatic hydroxyl groups excluding tert-OH is 2. The predicted octanol–water partition coefficient (Wildman–Crippen LogP) is 10.8. The first-order chi connectivity index (χ1) is 23.5. The second-order valence-electron chi connectivity index (χ2n) is 14.4. The fourth-order valence-electron chi connectivity index (χ4n) is 8.26. The molecule has 0 bridgehead atoms. The van der Waals surface area contributed by atoms with Crippen molar-refractivity contribution in [3.05, 3.63) is 123 Å². The van der Waals surface area contributed by atoms with Gasteiger partial charge in [-0.1, -0.05) is 103 Å². The van der Waals surface area contributed by atoms with Gasteiger partial charge in [-0.05, 0) is 88.0 Å². The van der Waals surface area contributed by atoms with Gasteiger partial charge in [0.05, 0.1) is 17.6 Å². The number of thiophene rings is 2. The monoisotopic (exact) mass is 886 g/mol.